The zero-order chi connectivity index (χ0) is 45.2. The lowest BCUT2D eigenvalue weighted by Gasteiger charge is -2.27. The quantitative estimate of drug-likeness (QED) is 0.116. The molecular weight excluding hydrogens is 791 g/mol. The lowest BCUT2D eigenvalue weighted by Crippen LogP contribution is -2.10. The van der Waals surface area contributed by atoms with Crippen molar-refractivity contribution in [1.29, 1.82) is 0 Å². The Bertz CT molecular complexity index is 2800. The van der Waals surface area contributed by atoms with Crippen molar-refractivity contribution in [1.82, 2.24) is 19.1 Å². The van der Waals surface area contributed by atoms with Crippen LogP contribution >= 0.6 is 0 Å². The predicted octanol–water partition coefficient (Wildman–Crippen LogP) is 16.7. The molecule has 0 amide bonds. The Hall–Kier alpha value is -7.24. The maximum Gasteiger partial charge on any atom is 0.0999 e. The zero-order valence-electron chi connectivity index (χ0n) is 38.9. The molecule has 2 aromatic heterocycles. The van der Waals surface area contributed by atoms with Crippen LogP contribution in [0.3, 0.4) is 0 Å². The van der Waals surface area contributed by atoms with Crippen LogP contribution in [0, 0.1) is 0 Å². The number of hydrogen-bond donors (Lipinski definition) is 0. The first-order valence-electron chi connectivity index (χ1n) is 23.2. The Morgan fingerprint density at radius 2 is 0.708 bits per heavy atom. The number of anilines is 3. The van der Waals surface area contributed by atoms with Gasteiger partial charge in [0.25, 0.3) is 0 Å². The summed E-state index contributed by atoms with van der Waals surface area (Å²) in [7, 11) is 0. The van der Waals surface area contributed by atoms with E-state index in [4.69, 9.17) is 9.97 Å². The Balaban J connectivity index is 1.23. The lowest BCUT2D eigenvalue weighted by atomic mass is 9.92. The largest absolute Gasteiger partial charge is 0.310 e. The van der Waals surface area contributed by atoms with E-state index >= 15 is 0 Å². The van der Waals surface area contributed by atoms with E-state index in [-0.39, 0.29) is 0 Å². The molecule has 0 N–H and O–H groups in total. The summed E-state index contributed by atoms with van der Waals surface area (Å²) in [6, 6.07) is 59.1. The third-order valence-corrected chi connectivity index (χ3v) is 12.6. The van der Waals surface area contributed by atoms with Crippen LogP contribution in [-0.4, -0.2) is 19.1 Å². The maximum absolute atomic E-state index is 5.19. The number of aromatic nitrogens is 4. The van der Waals surface area contributed by atoms with Gasteiger partial charge in [-0.25, -0.2) is 9.97 Å². The second-order valence-corrected chi connectivity index (χ2v) is 18.4. The number of hydrogen-bond acceptors (Lipinski definition) is 3. The molecule has 5 heteroatoms. The molecule has 9 rings (SSSR count). The van der Waals surface area contributed by atoms with Crippen molar-refractivity contribution >= 4 is 17.1 Å². The highest BCUT2D eigenvalue weighted by atomic mass is 15.1. The molecule has 7 aromatic carbocycles. The first-order chi connectivity index (χ1) is 31.6. The molecule has 0 saturated heterocycles. The molecule has 9 aromatic rings. The third kappa shape index (κ3) is 8.59. The SMILES string of the molecule is CC(C)c1cccc(C(C)C)c1-n1cnc(-c2cc(N(c3ccccc3)c3ccc(-c4ccccc4)c(-c4cn(-c5c(C(C)C)cccc5C(C)C)cn4)c3)ccc2-c2ccccc2)c1. The second kappa shape index (κ2) is 18.5. The second-order valence-electron chi connectivity index (χ2n) is 18.4. The molecule has 0 aliphatic carbocycles. The van der Waals surface area contributed by atoms with Gasteiger partial charge in [-0.2, -0.15) is 0 Å². The molecular formula is C60H59N5. The fourth-order valence-electron chi connectivity index (χ4n) is 9.32. The first kappa shape index (κ1) is 43.0. The number of para-hydroxylation sites is 3. The maximum atomic E-state index is 5.19. The van der Waals surface area contributed by atoms with E-state index in [1.54, 1.807) is 0 Å². The first-order valence-corrected chi connectivity index (χ1v) is 23.2. The van der Waals surface area contributed by atoms with Gasteiger partial charge in [-0.3, -0.25) is 0 Å². The molecule has 0 aliphatic heterocycles. The van der Waals surface area contributed by atoms with Crippen molar-refractivity contribution in [3.63, 3.8) is 0 Å². The van der Waals surface area contributed by atoms with E-state index in [1.807, 2.05) is 12.7 Å². The topological polar surface area (TPSA) is 38.9 Å². The van der Waals surface area contributed by atoms with E-state index in [1.165, 1.54) is 33.6 Å². The minimum Gasteiger partial charge on any atom is -0.310 e. The van der Waals surface area contributed by atoms with Gasteiger partial charge >= 0.3 is 0 Å². The fraction of sp³-hybridized carbons (Fsp3) is 0.200. The highest BCUT2D eigenvalue weighted by Crippen LogP contribution is 2.44. The smallest absolute Gasteiger partial charge is 0.0999 e. The molecule has 5 nitrogen and oxygen atoms in total. The Kier molecular flexibility index (Phi) is 12.2. The van der Waals surface area contributed by atoms with Crippen molar-refractivity contribution < 1.29 is 0 Å². The molecule has 0 bridgehead atoms. The zero-order valence-corrected chi connectivity index (χ0v) is 38.9. The Morgan fingerprint density at radius 3 is 1.06 bits per heavy atom. The standard InChI is InChI=1S/C60H59N5/c1-40(2)49-26-18-27-50(41(3)4)59(49)63-36-57(61-38-63)55-34-47(30-32-53(55)44-20-12-9-13-21-44)65(46-24-16-11-17-25-46)48-31-33-54(45-22-14-10-15-23-45)56(35-48)58-37-64(39-62-58)60-51(42(5)6)28-19-29-52(60)43(7)8/h9-43H,1-8H3. The van der Waals surface area contributed by atoms with Gasteiger partial charge in [0.2, 0.25) is 0 Å². The Morgan fingerprint density at radius 1 is 0.354 bits per heavy atom. The highest BCUT2D eigenvalue weighted by molar-refractivity contribution is 5.91. The molecule has 0 atom stereocenters. The summed E-state index contributed by atoms with van der Waals surface area (Å²) in [6.07, 6.45) is 8.43. The van der Waals surface area contributed by atoms with E-state index in [0.29, 0.717) is 23.7 Å². The summed E-state index contributed by atoms with van der Waals surface area (Å²) >= 11 is 0. The van der Waals surface area contributed by atoms with E-state index < -0.39 is 0 Å². The molecule has 0 fully saturated rings. The predicted molar refractivity (Wildman–Crippen MR) is 273 cm³/mol. The van der Waals surface area contributed by atoms with Crippen LogP contribution in [0.4, 0.5) is 17.1 Å². The van der Waals surface area contributed by atoms with E-state index in [0.717, 1.165) is 61.8 Å². The number of rotatable bonds is 13. The third-order valence-electron chi connectivity index (χ3n) is 12.6. The lowest BCUT2D eigenvalue weighted by molar-refractivity contribution is 0.805. The summed E-state index contributed by atoms with van der Waals surface area (Å²) in [5, 5.41) is 0. The molecule has 0 aliphatic rings. The minimum absolute atomic E-state index is 0.359. The van der Waals surface area contributed by atoms with Crippen molar-refractivity contribution in [2.45, 2.75) is 79.1 Å². The van der Waals surface area contributed by atoms with Crippen LogP contribution in [0.2, 0.25) is 0 Å². The van der Waals surface area contributed by atoms with Crippen LogP contribution < -0.4 is 4.90 Å². The minimum atomic E-state index is 0.359. The van der Waals surface area contributed by atoms with Gasteiger partial charge in [-0.1, -0.05) is 183 Å². The van der Waals surface area contributed by atoms with Crippen LogP contribution in [-0.2, 0) is 0 Å². The normalized spacial score (nSPS) is 11.6. The van der Waals surface area contributed by atoms with Gasteiger partial charge in [0.1, 0.15) is 0 Å². The summed E-state index contributed by atoms with van der Waals surface area (Å²) in [5.74, 6) is 1.44. The van der Waals surface area contributed by atoms with Gasteiger partial charge in [0.05, 0.1) is 35.4 Å². The van der Waals surface area contributed by atoms with E-state index in [2.05, 4.69) is 246 Å². The van der Waals surface area contributed by atoms with Crippen molar-refractivity contribution in [2.24, 2.45) is 0 Å². The number of benzene rings is 7. The van der Waals surface area contributed by atoms with Gasteiger partial charge < -0.3 is 14.0 Å². The number of imidazole rings is 2. The molecule has 0 saturated carbocycles. The van der Waals surface area contributed by atoms with Crippen LogP contribution in [0.25, 0.3) is 56.1 Å². The van der Waals surface area contributed by atoms with Crippen molar-refractivity contribution in [3.8, 4) is 56.1 Å². The summed E-state index contributed by atoms with van der Waals surface area (Å²) in [5.41, 5.74) is 19.3. The van der Waals surface area contributed by atoms with Crippen LogP contribution in [0.15, 0.2) is 189 Å². The molecule has 2 heterocycles. The molecule has 324 valence electrons. The van der Waals surface area contributed by atoms with Gasteiger partial charge in [-0.15, -0.1) is 0 Å². The summed E-state index contributed by atoms with van der Waals surface area (Å²) in [6.45, 7) is 18.2. The van der Waals surface area contributed by atoms with Gasteiger partial charge in [0, 0.05) is 40.6 Å². The molecule has 0 spiro atoms. The monoisotopic (exact) mass is 849 g/mol. The molecule has 65 heavy (non-hydrogen) atoms. The summed E-state index contributed by atoms with van der Waals surface area (Å²) < 4.78 is 4.49. The van der Waals surface area contributed by atoms with Gasteiger partial charge in [0.15, 0.2) is 0 Å². The number of nitrogens with zero attached hydrogens (tertiary/aromatic N) is 5. The van der Waals surface area contributed by atoms with Gasteiger partial charge in [-0.05, 0) is 105 Å². The average Bonchev–Trinajstić information content (AvgIpc) is 4.03. The van der Waals surface area contributed by atoms with E-state index in [9.17, 15) is 0 Å². The molecule has 0 unspecified atom stereocenters. The average molecular weight is 850 g/mol. The Labute approximate surface area is 385 Å². The van der Waals surface area contributed by atoms with Crippen LogP contribution in [0.1, 0.15) is 101 Å². The summed E-state index contributed by atoms with van der Waals surface area (Å²) in [4.78, 5) is 12.7. The van der Waals surface area contributed by atoms with Crippen molar-refractivity contribution in [2.75, 3.05) is 4.90 Å². The van der Waals surface area contributed by atoms with Crippen LogP contribution in [0.5, 0.6) is 0 Å². The highest BCUT2D eigenvalue weighted by Gasteiger charge is 2.23. The molecule has 0 radical (unpaired) electrons. The fourth-order valence-corrected chi connectivity index (χ4v) is 9.32. The van der Waals surface area contributed by atoms with Crippen molar-refractivity contribution in [3.05, 3.63) is 211 Å².